The smallest absolute Gasteiger partial charge is 0.251 e. The summed E-state index contributed by atoms with van der Waals surface area (Å²) in [4.78, 5) is 47.3. The van der Waals surface area contributed by atoms with Crippen LogP contribution in [0, 0.1) is 11.2 Å². The van der Waals surface area contributed by atoms with E-state index in [1.54, 1.807) is 43.6 Å². The molecule has 3 aromatic heterocycles. The van der Waals surface area contributed by atoms with Gasteiger partial charge in [0.2, 0.25) is 11.8 Å². The number of carbonyl (C=O) groups is 3. The molecule has 0 atom stereocenters. The lowest BCUT2D eigenvalue weighted by atomic mass is 10.0. The third kappa shape index (κ3) is 5.41. The van der Waals surface area contributed by atoms with Crippen LogP contribution >= 0.6 is 11.3 Å². The molecular formula is C31H24FN5O4S. The molecule has 42 heavy (non-hydrogen) atoms. The molecule has 5 aromatic rings. The molecule has 1 aliphatic rings. The van der Waals surface area contributed by atoms with E-state index in [1.165, 1.54) is 41.8 Å². The number of rotatable bonds is 8. The maximum atomic E-state index is 13.2. The molecule has 3 amide bonds. The van der Waals surface area contributed by atoms with Crippen molar-refractivity contribution in [3.8, 4) is 21.9 Å². The second-order valence-corrected chi connectivity index (χ2v) is 10.8. The summed E-state index contributed by atoms with van der Waals surface area (Å²) >= 11 is 1.52. The number of hydrogen-bond donors (Lipinski definition) is 3. The molecule has 3 N–H and O–H groups in total. The SMILES string of the molecule is CNC(=O)c1ccc(-c2cc3nccc(Oc4ccc(NC(=O)C5(C(=O)Nc6ccc(F)cc6)CC5)nc4)c3s2)cc1. The Bertz CT molecular complexity index is 1800. The van der Waals surface area contributed by atoms with E-state index in [9.17, 15) is 18.8 Å². The summed E-state index contributed by atoms with van der Waals surface area (Å²) < 4.78 is 20.1. The monoisotopic (exact) mass is 581 g/mol. The molecule has 6 rings (SSSR count). The van der Waals surface area contributed by atoms with E-state index >= 15 is 0 Å². The Morgan fingerprint density at radius 2 is 1.64 bits per heavy atom. The summed E-state index contributed by atoms with van der Waals surface area (Å²) in [5.74, 6) is -0.100. The second kappa shape index (κ2) is 11.0. The van der Waals surface area contributed by atoms with Crippen molar-refractivity contribution in [3.05, 3.63) is 96.6 Å². The topological polar surface area (TPSA) is 122 Å². The van der Waals surface area contributed by atoms with Gasteiger partial charge in [0.25, 0.3) is 5.91 Å². The minimum atomic E-state index is -1.19. The highest BCUT2D eigenvalue weighted by Gasteiger charge is 2.56. The predicted molar refractivity (Wildman–Crippen MR) is 158 cm³/mol. The van der Waals surface area contributed by atoms with Gasteiger partial charge >= 0.3 is 0 Å². The van der Waals surface area contributed by atoms with Gasteiger partial charge in [0.15, 0.2) is 0 Å². The Hall–Kier alpha value is -5.16. The van der Waals surface area contributed by atoms with Gasteiger partial charge in [-0.05, 0) is 73.0 Å². The highest BCUT2D eigenvalue weighted by molar-refractivity contribution is 7.22. The number of anilines is 2. The molecule has 1 fully saturated rings. The molecule has 0 saturated heterocycles. The second-order valence-electron chi connectivity index (χ2n) is 9.77. The molecule has 1 saturated carbocycles. The Morgan fingerprint density at radius 1 is 0.905 bits per heavy atom. The fourth-order valence-corrected chi connectivity index (χ4v) is 5.48. The molecule has 0 radical (unpaired) electrons. The Kier molecular flexibility index (Phi) is 7.09. The predicted octanol–water partition coefficient (Wildman–Crippen LogP) is 6.01. The van der Waals surface area contributed by atoms with Crippen molar-refractivity contribution in [1.82, 2.24) is 15.3 Å². The first-order valence-corrected chi connectivity index (χ1v) is 13.9. The molecule has 0 unspecified atom stereocenters. The van der Waals surface area contributed by atoms with Crippen molar-refractivity contribution in [2.45, 2.75) is 12.8 Å². The number of amides is 3. The first-order valence-electron chi connectivity index (χ1n) is 13.1. The van der Waals surface area contributed by atoms with Crippen molar-refractivity contribution >= 4 is 50.8 Å². The summed E-state index contributed by atoms with van der Waals surface area (Å²) in [5.41, 5.74) is 1.54. The number of fused-ring (bicyclic) bond motifs is 1. The van der Waals surface area contributed by atoms with Crippen LogP contribution in [-0.2, 0) is 9.59 Å². The van der Waals surface area contributed by atoms with Crippen molar-refractivity contribution < 1.29 is 23.5 Å². The molecule has 3 heterocycles. The lowest BCUT2D eigenvalue weighted by Crippen LogP contribution is -2.35. The van der Waals surface area contributed by atoms with Crippen LogP contribution in [0.2, 0.25) is 0 Å². The standard InChI is InChI=1S/C31H24FN5O4S/c1-33-28(38)19-4-2-18(3-5-19)25-16-23-27(42-25)24(12-15-34-23)41-22-10-11-26(35-17-22)37-30(40)31(13-14-31)29(39)36-21-8-6-20(32)7-9-21/h2-12,15-17H,13-14H2,1H3,(H,33,38)(H,36,39)(H,35,37,40). The van der Waals surface area contributed by atoms with Gasteiger partial charge in [-0.25, -0.2) is 9.37 Å². The van der Waals surface area contributed by atoms with E-state index in [1.807, 2.05) is 18.2 Å². The molecule has 2 aromatic carbocycles. The van der Waals surface area contributed by atoms with E-state index < -0.39 is 23.0 Å². The van der Waals surface area contributed by atoms with E-state index in [0.29, 0.717) is 35.6 Å². The van der Waals surface area contributed by atoms with Crippen LogP contribution in [0.3, 0.4) is 0 Å². The van der Waals surface area contributed by atoms with Gasteiger partial charge in [-0.2, -0.15) is 0 Å². The third-order valence-corrected chi connectivity index (χ3v) is 8.15. The average molecular weight is 582 g/mol. The number of hydrogen-bond acceptors (Lipinski definition) is 7. The molecular weight excluding hydrogens is 557 g/mol. The van der Waals surface area contributed by atoms with Gasteiger partial charge in [-0.15, -0.1) is 11.3 Å². The molecule has 0 bridgehead atoms. The first kappa shape index (κ1) is 27.0. The van der Waals surface area contributed by atoms with Crippen LogP contribution in [0.1, 0.15) is 23.2 Å². The van der Waals surface area contributed by atoms with Crippen LogP contribution in [0.25, 0.3) is 20.7 Å². The fraction of sp³-hybridized carbons (Fsp3) is 0.129. The van der Waals surface area contributed by atoms with E-state index in [0.717, 1.165) is 20.7 Å². The summed E-state index contributed by atoms with van der Waals surface area (Å²) in [6.45, 7) is 0. The van der Waals surface area contributed by atoms with Gasteiger partial charge in [0.05, 0.1) is 16.4 Å². The van der Waals surface area contributed by atoms with Gasteiger partial charge in [0, 0.05) is 35.4 Å². The molecule has 0 spiro atoms. The number of pyridine rings is 2. The normalized spacial score (nSPS) is 13.3. The number of carbonyl (C=O) groups excluding carboxylic acids is 3. The summed E-state index contributed by atoms with van der Waals surface area (Å²) in [5, 5.41) is 8.02. The summed E-state index contributed by atoms with van der Waals surface area (Å²) in [7, 11) is 1.59. The van der Waals surface area contributed by atoms with Crippen molar-refractivity contribution in [1.29, 1.82) is 0 Å². The number of benzene rings is 2. The Balaban J connectivity index is 1.13. The number of nitrogens with one attached hydrogen (secondary N) is 3. The minimum absolute atomic E-state index is 0.145. The van der Waals surface area contributed by atoms with E-state index in [2.05, 4.69) is 25.9 Å². The number of halogens is 1. The van der Waals surface area contributed by atoms with Gasteiger partial charge in [0.1, 0.15) is 28.5 Å². The fourth-order valence-electron chi connectivity index (χ4n) is 4.41. The highest BCUT2D eigenvalue weighted by atomic mass is 32.1. The van der Waals surface area contributed by atoms with Crippen LogP contribution in [-0.4, -0.2) is 34.7 Å². The maximum absolute atomic E-state index is 13.2. The average Bonchev–Trinajstić information content (AvgIpc) is 3.72. The Labute approximate surface area is 243 Å². The van der Waals surface area contributed by atoms with E-state index in [4.69, 9.17) is 4.74 Å². The number of thiophene rings is 1. The minimum Gasteiger partial charge on any atom is -0.454 e. The zero-order chi connectivity index (χ0) is 29.3. The first-order chi connectivity index (χ1) is 20.3. The molecule has 1 aliphatic carbocycles. The maximum Gasteiger partial charge on any atom is 0.251 e. The number of ether oxygens (including phenoxy) is 1. The zero-order valence-electron chi connectivity index (χ0n) is 22.3. The number of aromatic nitrogens is 2. The third-order valence-electron chi connectivity index (χ3n) is 6.96. The van der Waals surface area contributed by atoms with Crippen LogP contribution in [0.5, 0.6) is 11.5 Å². The lowest BCUT2D eigenvalue weighted by molar-refractivity contribution is -0.131. The van der Waals surface area contributed by atoms with Crippen LogP contribution in [0.4, 0.5) is 15.9 Å². The quantitative estimate of drug-likeness (QED) is 0.193. The highest BCUT2D eigenvalue weighted by Crippen LogP contribution is 2.47. The molecule has 0 aliphatic heterocycles. The van der Waals surface area contributed by atoms with Gasteiger partial charge in [-0.1, -0.05) is 12.1 Å². The van der Waals surface area contributed by atoms with E-state index in [-0.39, 0.29) is 11.7 Å². The summed E-state index contributed by atoms with van der Waals surface area (Å²) in [6.07, 6.45) is 3.97. The van der Waals surface area contributed by atoms with Crippen molar-refractivity contribution in [2.75, 3.05) is 17.7 Å². The van der Waals surface area contributed by atoms with Crippen molar-refractivity contribution in [3.63, 3.8) is 0 Å². The van der Waals surface area contributed by atoms with Gasteiger partial charge < -0.3 is 20.7 Å². The Morgan fingerprint density at radius 3 is 2.31 bits per heavy atom. The van der Waals surface area contributed by atoms with Crippen molar-refractivity contribution in [2.24, 2.45) is 5.41 Å². The molecule has 11 heteroatoms. The zero-order valence-corrected chi connectivity index (χ0v) is 23.1. The van der Waals surface area contributed by atoms with Gasteiger partial charge in [-0.3, -0.25) is 19.4 Å². The molecule has 9 nitrogen and oxygen atoms in total. The largest absolute Gasteiger partial charge is 0.454 e. The molecule has 210 valence electrons. The van der Waals surface area contributed by atoms with Crippen LogP contribution in [0.15, 0.2) is 85.2 Å². The summed E-state index contributed by atoms with van der Waals surface area (Å²) in [6, 6.07) is 19.7. The van der Waals surface area contributed by atoms with Crippen LogP contribution < -0.4 is 20.7 Å². The lowest BCUT2D eigenvalue weighted by Gasteiger charge is -2.15. The number of nitrogens with zero attached hydrogens (tertiary/aromatic N) is 2.